The first-order valence-electron chi connectivity index (χ1n) is 4.87. The van der Waals surface area contributed by atoms with Gasteiger partial charge >= 0.3 is 0 Å². The van der Waals surface area contributed by atoms with E-state index in [9.17, 15) is 4.79 Å². The number of likely N-dealkylation sites (N-methyl/N-ethyl adjacent to an activating group) is 1. The van der Waals surface area contributed by atoms with Crippen LogP contribution >= 0.6 is 12.2 Å². The van der Waals surface area contributed by atoms with Crippen molar-refractivity contribution in [2.45, 2.75) is 13.5 Å². The highest BCUT2D eigenvalue weighted by molar-refractivity contribution is 7.71. The molecular formula is C10H12N4OS. The van der Waals surface area contributed by atoms with Crippen molar-refractivity contribution in [3.63, 3.8) is 0 Å². The number of aromatic nitrogens is 3. The average molecular weight is 236 g/mol. The molecule has 0 saturated carbocycles. The van der Waals surface area contributed by atoms with Crippen LogP contribution < -0.4 is 5.32 Å². The van der Waals surface area contributed by atoms with Gasteiger partial charge in [0.15, 0.2) is 10.4 Å². The Morgan fingerprint density at radius 3 is 3.12 bits per heavy atom. The van der Waals surface area contributed by atoms with Crippen molar-refractivity contribution < 1.29 is 4.79 Å². The fourth-order valence-corrected chi connectivity index (χ4v) is 1.78. The fourth-order valence-electron chi connectivity index (χ4n) is 1.52. The smallest absolute Gasteiger partial charge is 0.239 e. The quantitative estimate of drug-likeness (QED) is 0.769. The molecule has 5 nitrogen and oxygen atoms in total. The number of nitrogens with one attached hydrogen (secondary N) is 2. The maximum Gasteiger partial charge on any atom is 0.239 e. The molecule has 0 saturated heterocycles. The van der Waals surface area contributed by atoms with Gasteiger partial charge in [-0.3, -0.25) is 9.36 Å². The third-order valence-corrected chi connectivity index (χ3v) is 2.65. The lowest BCUT2D eigenvalue weighted by atomic mass is 10.3. The number of rotatable bonds is 2. The predicted octanol–water partition coefficient (Wildman–Crippen LogP) is 1.15. The molecule has 0 aliphatic heterocycles. The summed E-state index contributed by atoms with van der Waals surface area (Å²) in [5, 5.41) is 2.56. The van der Waals surface area contributed by atoms with E-state index in [4.69, 9.17) is 12.2 Å². The molecule has 0 bridgehead atoms. The van der Waals surface area contributed by atoms with E-state index in [-0.39, 0.29) is 12.5 Å². The molecule has 2 aromatic heterocycles. The Kier molecular flexibility index (Phi) is 2.74. The minimum Gasteiger partial charge on any atom is -0.358 e. The van der Waals surface area contributed by atoms with E-state index < -0.39 is 0 Å². The monoisotopic (exact) mass is 236 g/mol. The van der Waals surface area contributed by atoms with Crippen molar-refractivity contribution in [2.24, 2.45) is 0 Å². The van der Waals surface area contributed by atoms with Crippen molar-refractivity contribution >= 4 is 29.3 Å². The van der Waals surface area contributed by atoms with Gasteiger partial charge in [-0.2, -0.15) is 0 Å². The molecule has 0 unspecified atom stereocenters. The lowest BCUT2D eigenvalue weighted by molar-refractivity contribution is -0.121. The molecule has 0 atom stereocenters. The minimum atomic E-state index is -0.0978. The van der Waals surface area contributed by atoms with E-state index in [0.29, 0.717) is 10.4 Å². The summed E-state index contributed by atoms with van der Waals surface area (Å²) >= 11 is 5.15. The SMILES string of the molecule is CNC(=O)Cn1c(=S)[nH]c2cc(C)cnc21. The average Bonchev–Trinajstić information content (AvgIpc) is 2.54. The summed E-state index contributed by atoms with van der Waals surface area (Å²) in [5.41, 5.74) is 2.61. The number of carbonyl (C=O) groups excluding carboxylic acids is 1. The van der Waals surface area contributed by atoms with Gasteiger partial charge in [-0.05, 0) is 30.8 Å². The molecule has 2 heterocycles. The van der Waals surface area contributed by atoms with Crippen LogP contribution in [0.3, 0.4) is 0 Å². The predicted molar refractivity (Wildman–Crippen MR) is 63.7 cm³/mol. The molecule has 0 aromatic carbocycles. The second kappa shape index (κ2) is 4.05. The van der Waals surface area contributed by atoms with Crippen LogP contribution in [-0.4, -0.2) is 27.5 Å². The van der Waals surface area contributed by atoms with Crippen molar-refractivity contribution in [3.8, 4) is 0 Å². The van der Waals surface area contributed by atoms with Crippen molar-refractivity contribution in [3.05, 3.63) is 22.6 Å². The zero-order chi connectivity index (χ0) is 11.7. The number of hydrogen-bond acceptors (Lipinski definition) is 3. The zero-order valence-electron chi connectivity index (χ0n) is 9.07. The summed E-state index contributed by atoms with van der Waals surface area (Å²) < 4.78 is 2.19. The normalized spacial score (nSPS) is 10.6. The summed E-state index contributed by atoms with van der Waals surface area (Å²) in [6.07, 6.45) is 1.76. The molecule has 0 aliphatic rings. The second-order valence-electron chi connectivity index (χ2n) is 3.57. The summed E-state index contributed by atoms with van der Waals surface area (Å²) in [4.78, 5) is 18.6. The largest absolute Gasteiger partial charge is 0.358 e. The van der Waals surface area contributed by atoms with Crippen LogP contribution in [0.25, 0.3) is 11.2 Å². The first kappa shape index (κ1) is 10.8. The number of fused-ring (bicyclic) bond motifs is 1. The van der Waals surface area contributed by atoms with Gasteiger partial charge in [0.2, 0.25) is 5.91 Å². The molecule has 0 spiro atoms. The van der Waals surface area contributed by atoms with Crippen LogP contribution in [0.1, 0.15) is 5.56 Å². The molecule has 0 radical (unpaired) electrons. The zero-order valence-corrected chi connectivity index (χ0v) is 9.89. The molecular weight excluding hydrogens is 224 g/mol. The third-order valence-electron chi connectivity index (χ3n) is 2.33. The summed E-state index contributed by atoms with van der Waals surface area (Å²) in [6, 6.07) is 1.96. The van der Waals surface area contributed by atoms with Gasteiger partial charge in [-0.1, -0.05) is 0 Å². The molecule has 1 amide bonds. The van der Waals surface area contributed by atoms with Gasteiger partial charge in [-0.25, -0.2) is 4.98 Å². The Hall–Kier alpha value is -1.69. The maximum absolute atomic E-state index is 11.3. The highest BCUT2D eigenvalue weighted by Gasteiger charge is 2.08. The second-order valence-corrected chi connectivity index (χ2v) is 3.96. The molecule has 0 aliphatic carbocycles. The Morgan fingerprint density at radius 2 is 2.44 bits per heavy atom. The first-order chi connectivity index (χ1) is 7.61. The summed E-state index contributed by atoms with van der Waals surface area (Å²) in [7, 11) is 1.60. The number of hydrogen-bond donors (Lipinski definition) is 2. The third kappa shape index (κ3) is 1.83. The van der Waals surface area contributed by atoms with Gasteiger partial charge < -0.3 is 10.3 Å². The number of H-pyrrole nitrogens is 1. The van der Waals surface area contributed by atoms with Crippen molar-refractivity contribution in [1.29, 1.82) is 0 Å². The Bertz CT molecular complexity index is 598. The fraction of sp³-hybridized carbons (Fsp3) is 0.300. The lowest BCUT2D eigenvalue weighted by Crippen LogP contribution is -2.23. The van der Waals surface area contributed by atoms with E-state index in [1.165, 1.54) is 0 Å². The van der Waals surface area contributed by atoms with Gasteiger partial charge in [0.25, 0.3) is 0 Å². The molecule has 16 heavy (non-hydrogen) atoms. The first-order valence-corrected chi connectivity index (χ1v) is 5.28. The minimum absolute atomic E-state index is 0.0978. The van der Waals surface area contributed by atoms with Crippen LogP contribution in [-0.2, 0) is 11.3 Å². The maximum atomic E-state index is 11.3. The number of imidazole rings is 1. The summed E-state index contributed by atoms with van der Waals surface area (Å²) in [5.74, 6) is -0.0978. The van der Waals surface area contributed by atoms with E-state index in [1.807, 2.05) is 13.0 Å². The lowest BCUT2D eigenvalue weighted by Gasteiger charge is -2.02. The Balaban J connectivity index is 2.56. The number of nitrogens with zero attached hydrogens (tertiary/aromatic N) is 2. The standard InChI is InChI=1S/C10H12N4OS/c1-6-3-7-9(12-4-6)14(10(16)13-7)5-8(15)11-2/h3-4H,5H2,1-2H3,(H,11,15)(H,13,16). The van der Waals surface area contributed by atoms with Crippen LogP contribution in [0.15, 0.2) is 12.3 Å². The van der Waals surface area contributed by atoms with Crippen molar-refractivity contribution in [2.75, 3.05) is 7.05 Å². The van der Waals surface area contributed by atoms with E-state index in [1.54, 1.807) is 17.8 Å². The van der Waals surface area contributed by atoms with E-state index in [2.05, 4.69) is 15.3 Å². The van der Waals surface area contributed by atoms with Crippen LogP contribution in [0.4, 0.5) is 0 Å². The molecule has 0 fully saturated rings. The van der Waals surface area contributed by atoms with Gasteiger partial charge in [0.1, 0.15) is 6.54 Å². The molecule has 2 rings (SSSR count). The number of pyridine rings is 1. The molecule has 6 heteroatoms. The van der Waals surface area contributed by atoms with Crippen LogP contribution in [0.5, 0.6) is 0 Å². The number of aromatic amines is 1. The number of carbonyl (C=O) groups is 1. The Labute approximate surface area is 97.5 Å². The van der Waals surface area contributed by atoms with Gasteiger partial charge in [-0.15, -0.1) is 0 Å². The van der Waals surface area contributed by atoms with Gasteiger partial charge in [0.05, 0.1) is 5.52 Å². The Morgan fingerprint density at radius 1 is 1.69 bits per heavy atom. The highest BCUT2D eigenvalue weighted by Crippen LogP contribution is 2.12. The van der Waals surface area contributed by atoms with Crippen molar-refractivity contribution in [1.82, 2.24) is 19.9 Å². The molecule has 84 valence electrons. The summed E-state index contributed by atoms with van der Waals surface area (Å²) in [6.45, 7) is 2.14. The molecule has 2 N–H and O–H groups in total. The number of amides is 1. The van der Waals surface area contributed by atoms with Crippen LogP contribution in [0, 0.1) is 11.7 Å². The van der Waals surface area contributed by atoms with Crippen LogP contribution in [0.2, 0.25) is 0 Å². The topological polar surface area (TPSA) is 62.7 Å². The van der Waals surface area contributed by atoms with E-state index in [0.717, 1.165) is 11.1 Å². The number of aryl methyl sites for hydroxylation is 1. The molecule has 2 aromatic rings. The highest BCUT2D eigenvalue weighted by atomic mass is 32.1. The van der Waals surface area contributed by atoms with E-state index >= 15 is 0 Å². The van der Waals surface area contributed by atoms with Gasteiger partial charge in [0, 0.05) is 13.2 Å².